The zero-order chi connectivity index (χ0) is 15.4. The first kappa shape index (κ1) is 15.1. The van der Waals surface area contributed by atoms with E-state index in [4.69, 9.17) is 0 Å². The summed E-state index contributed by atoms with van der Waals surface area (Å²) in [5.41, 5.74) is 1.14. The van der Waals surface area contributed by atoms with Crippen LogP contribution in [0, 0.1) is 0 Å². The van der Waals surface area contributed by atoms with E-state index >= 15 is 0 Å². The molecule has 1 N–H and O–H groups in total. The highest BCUT2D eigenvalue weighted by Gasteiger charge is 2.12. The number of nitrogens with one attached hydrogen (secondary N) is 1. The monoisotopic (exact) mass is 337 g/mol. The van der Waals surface area contributed by atoms with Gasteiger partial charge in [-0.05, 0) is 18.4 Å². The van der Waals surface area contributed by atoms with E-state index in [1.165, 1.54) is 22.2 Å². The van der Waals surface area contributed by atoms with Crippen molar-refractivity contribution in [2.24, 2.45) is 0 Å². The van der Waals surface area contributed by atoms with Gasteiger partial charge in [0.05, 0.1) is 12.3 Å². The molecule has 22 heavy (non-hydrogen) atoms. The average Bonchev–Trinajstić information content (AvgIpc) is 3.07. The van der Waals surface area contributed by atoms with Gasteiger partial charge < -0.3 is 0 Å². The summed E-state index contributed by atoms with van der Waals surface area (Å²) in [6.45, 7) is 0.182. The van der Waals surface area contributed by atoms with Crippen molar-refractivity contribution in [3.63, 3.8) is 0 Å². The van der Waals surface area contributed by atoms with Crippen molar-refractivity contribution in [2.45, 2.75) is 19.4 Å². The minimum atomic E-state index is -3.30. The number of fused-ring (bicyclic) bond motifs is 1. The van der Waals surface area contributed by atoms with Crippen LogP contribution in [0.3, 0.4) is 0 Å². The molecule has 7 nitrogen and oxygen atoms in total. The predicted octanol–water partition coefficient (Wildman–Crippen LogP) is 1.24. The lowest BCUT2D eigenvalue weighted by Gasteiger charge is -2.05. The summed E-state index contributed by atoms with van der Waals surface area (Å²) in [5, 5.41) is 12.4. The SMILES string of the molecule is O=S(=O)(CCCc1ccccc1)NCc1nn2cnnc2s1. The number of sulfonamides is 1. The summed E-state index contributed by atoms with van der Waals surface area (Å²) in [6, 6.07) is 9.85. The molecular formula is C13H15N5O2S2. The Morgan fingerprint density at radius 3 is 2.82 bits per heavy atom. The third-order valence-corrected chi connectivity index (χ3v) is 5.42. The van der Waals surface area contributed by atoms with Gasteiger partial charge >= 0.3 is 0 Å². The van der Waals surface area contributed by atoms with Crippen LogP contribution in [0.15, 0.2) is 36.7 Å². The van der Waals surface area contributed by atoms with E-state index in [-0.39, 0.29) is 12.3 Å². The Balaban J connectivity index is 1.49. The minimum absolute atomic E-state index is 0.103. The molecule has 9 heteroatoms. The summed E-state index contributed by atoms with van der Waals surface area (Å²) in [4.78, 5) is 0.651. The number of rotatable bonds is 7. The van der Waals surface area contributed by atoms with Crippen molar-refractivity contribution < 1.29 is 8.42 Å². The molecule has 0 saturated carbocycles. The number of aryl methyl sites for hydroxylation is 1. The number of benzene rings is 1. The minimum Gasteiger partial charge on any atom is -0.212 e. The molecule has 0 aliphatic heterocycles. The van der Waals surface area contributed by atoms with E-state index in [0.29, 0.717) is 16.4 Å². The van der Waals surface area contributed by atoms with Crippen LogP contribution in [0.25, 0.3) is 4.96 Å². The maximum absolute atomic E-state index is 12.0. The first-order valence-corrected chi connectivity index (χ1v) is 9.26. The topological polar surface area (TPSA) is 89.2 Å². The van der Waals surface area contributed by atoms with Gasteiger partial charge in [0.1, 0.15) is 11.3 Å². The van der Waals surface area contributed by atoms with Gasteiger partial charge in [0.25, 0.3) is 0 Å². The molecule has 0 aliphatic rings. The van der Waals surface area contributed by atoms with Gasteiger partial charge in [-0.3, -0.25) is 0 Å². The molecule has 0 saturated heterocycles. The van der Waals surface area contributed by atoms with Crippen LogP contribution < -0.4 is 4.72 Å². The molecule has 0 radical (unpaired) electrons. The quantitative estimate of drug-likeness (QED) is 0.700. The van der Waals surface area contributed by atoms with Crippen molar-refractivity contribution in [2.75, 3.05) is 5.75 Å². The van der Waals surface area contributed by atoms with Crippen LogP contribution in [0.2, 0.25) is 0 Å². The second-order valence-corrected chi connectivity index (χ2v) is 7.75. The lowest BCUT2D eigenvalue weighted by molar-refractivity contribution is 0.578. The Hall–Kier alpha value is -1.84. The molecule has 2 aromatic heterocycles. The lowest BCUT2D eigenvalue weighted by atomic mass is 10.1. The summed E-state index contributed by atoms with van der Waals surface area (Å²) < 4.78 is 28.1. The highest BCUT2D eigenvalue weighted by atomic mass is 32.2. The highest BCUT2D eigenvalue weighted by molar-refractivity contribution is 7.89. The van der Waals surface area contributed by atoms with Gasteiger partial charge in [0, 0.05) is 0 Å². The van der Waals surface area contributed by atoms with Crippen LogP contribution in [-0.4, -0.2) is 34.0 Å². The fourth-order valence-electron chi connectivity index (χ4n) is 2.03. The summed E-state index contributed by atoms with van der Waals surface area (Å²) >= 11 is 1.32. The first-order valence-electron chi connectivity index (χ1n) is 6.79. The smallest absolute Gasteiger partial charge is 0.212 e. The zero-order valence-electron chi connectivity index (χ0n) is 11.7. The van der Waals surface area contributed by atoms with Crippen LogP contribution in [0.5, 0.6) is 0 Å². The molecule has 3 rings (SSSR count). The van der Waals surface area contributed by atoms with Crippen LogP contribution in [0.4, 0.5) is 0 Å². The largest absolute Gasteiger partial charge is 0.234 e. The zero-order valence-corrected chi connectivity index (χ0v) is 13.3. The summed E-state index contributed by atoms with van der Waals surface area (Å²) in [5.74, 6) is 0.103. The second kappa shape index (κ2) is 6.51. The first-order chi connectivity index (χ1) is 10.6. The summed E-state index contributed by atoms with van der Waals surface area (Å²) in [6.07, 6.45) is 2.83. The Morgan fingerprint density at radius 2 is 2.05 bits per heavy atom. The number of hydrogen-bond donors (Lipinski definition) is 1. The standard InChI is InChI=1S/C13H15N5O2S2/c19-22(20,8-4-7-11-5-2-1-3-6-11)15-9-12-17-18-10-14-16-13(18)21-12/h1-3,5-6,10,15H,4,7-9H2. The third kappa shape index (κ3) is 3.87. The maximum atomic E-state index is 12.0. The number of hydrogen-bond acceptors (Lipinski definition) is 6. The van der Waals surface area contributed by atoms with Crippen molar-refractivity contribution in [1.29, 1.82) is 0 Å². The molecule has 0 bridgehead atoms. The number of nitrogens with zero attached hydrogens (tertiary/aromatic N) is 4. The fraction of sp³-hybridized carbons (Fsp3) is 0.308. The molecule has 1 aromatic carbocycles. The van der Waals surface area contributed by atoms with Crippen molar-refractivity contribution >= 4 is 26.3 Å². The van der Waals surface area contributed by atoms with E-state index in [2.05, 4.69) is 20.0 Å². The molecule has 0 fully saturated rings. The Labute approximate surface area is 132 Å². The van der Waals surface area contributed by atoms with Gasteiger partial charge in [0.2, 0.25) is 15.0 Å². The van der Waals surface area contributed by atoms with Crippen molar-refractivity contribution in [3.8, 4) is 0 Å². The molecule has 0 amide bonds. The predicted molar refractivity (Wildman–Crippen MR) is 84.0 cm³/mol. The van der Waals surface area contributed by atoms with E-state index in [1.54, 1.807) is 0 Å². The van der Waals surface area contributed by atoms with E-state index in [9.17, 15) is 8.42 Å². The average molecular weight is 337 g/mol. The van der Waals surface area contributed by atoms with Crippen LogP contribution >= 0.6 is 11.3 Å². The molecular weight excluding hydrogens is 322 g/mol. The van der Waals surface area contributed by atoms with Crippen molar-refractivity contribution in [3.05, 3.63) is 47.2 Å². The molecule has 0 spiro atoms. The lowest BCUT2D eigenvalue weighted by Crippen LogP contribution is -2.26. The molecule has 116 valence electrons. The number of aromatic nitrogens is 4. The van der Waals surface area contributed by atoms with Crippen LogP contribution in [-0.2, 0) is 23.0 Å². The van der Waals surface area contributed by atoms with Crippen LogP contribution in [0.1, 0.15) is 17.0 Å². The van der Waals surface area contributed by atoms with Gasteiger partial charge in [-0.1, -0.05) is 41.7 Å². The third-order valence-electron chi connectivity index (χ3n) is 3.09. The highest BCUT2D eigenvalue weighted by Crippen LogP contribution is 2.11. The van der Waals surface area contributed by atoms with E-state index in [1.807, 2.05) is 30.3 Å². The van der Waals surface area contributed by atoms with Crippen molar-refractivity contribution in [1.82, 2.24) is 24.5 Å². The Morgan fingerprint density at radius 1 is 1.23 bits per heavy atom. The normalized spacial score (nSPS) is 12.0. The second-order valence-electron chi connectivity index (χ2n) is 4.78. The molecule has 0 unspecified atom stereocenters. The van der Waals surface area contributed by atoms with E-state index in [0.717, 1.165) is 12.0 Å². The van der Waals surface area contributed by atoms with Gasteiger partial charge in [-0.25, -0.2) is 13.1 Å². The maximum Gasteiger partial charge on any atom is 0.234 e. The van der Waals surface area contributed by atoms with Gasteiger partial charge in [-0.15, -0.1) is 10.2 Å². The van der Waals surface area contributed by atoms with E-state index < -0.39 is 10.0 Å². The molecule has 3 aromatic rings. The molecule has 0 aliphatic carbocycles. The fourth-order valence-corrected chi connectivity index (χ4v) is 3.90. The van der Waals surface area contributed by atoms with Gasteiger partial charge in [0.15, 0.2) is 0 Å². The Bertz CT molecular complexity index is 813. The molecule has 2 heterocycles. The Kier molecular flexibility index (Phi) is 4.46. The summed E-state index contributed by atoms with van der Waals surface area (Å²) in [7, 11) is -3.30. The molecule has 0 atom stereocenters. The van der Waals surface area contributed by atoms with Gasteiger partial charge in [-0.2, -0.15) is 9.61 Å².